The van der Waals surface area contributed by atoms with E-state index in [0.29, 0.717) is 4.99 Å². The highest BCUT2D eigenvalue weighted by Crippen LogP contribution is 2.25. The number of benzene rings is 1. The number of aromatic nitrogens is 2. The van der Waals surface area contributed by atoms with Crippen molar-refractivity contribution in [3.63, 3.8) is 0 Å². The van der Waals surface area contributed by atoms with Gasteiger partial charge in [-0.05, 0) is 25.5 Å². The van der Waals surface area contributed by atoms with Crippen LogP contribution >= 0.6 is 23.8 Å². The molecule has 1 heterocycles. The zero-order chi connectivity index (χ0) is 12.4. The van der Waals surface area contributed by atoms with Crippen LogP contribution in [-0.4, -0.2) is 14.3 Å². The zero-order valence-corrected chi connectivity index (χ0v) is 11.2. The minimum atomic E-state index is 0.373. The number of nitrogens with one attached hydrogen (secondary N) is 1. The Kier molecular flexibility index (Phi) is 3.35. The highest BCUT2D eigenvalue weighted by Gasteiger charge is 2.09. The van der Waals surface area contributed by atoms with Gasteiger partial charge in [-0.1, -0.05) is 24.4 Å². The van der Waals surface area contributed by atoms with Crippen molar-refractivity contribution in [2.45, 2.75) is 13.8 Å². The Morgan fingerprint density at radius 2 is 2.18 bits per heavy atom. The van der Waals surface area contributed by atoms with Crippen LogP contribution in [0.15, 0.2) is 18.2 Å². The molecule has 0 saturated heterocycles. The molecule has 0 aliphatic rings. The van der Waals surface area contributed by atoms with E-state index >= 15 is 0 Å². The molecule has 1 aromatic heterocycles. The van der Waals surface area contributed by atoms with Gasteiger partial charge in [0.25, 0.3) is 0 Å². The molecule has 0 amide bonds. The Morgan fingerprint density at radius 3 is 2.76 bits per heavy atom. The summed E-state index contributed by atoms with van der Waals surface area (Å²) in [5.41, 5.74) is 8.50. The lowest BCUT2D eigenvalue weighted by molar-refractivity contribution is 1.16. The zero-order valence-electron chi connectivity index (χ0n) is 9.52. The van der Waals surface area contributed by atoms with E-state index < -0.39 is 0 Å². The number of nitrogens with two attached hydrogens (primary N) is 1. The molecule has 0 spiro atoms. The van der Waals surface area contributed by atoms with Gasteiger partial charge in [-0.3, -0.25) is 0 Å². The molecular formula is C11H12N4S2. The Bertz CT molecular complexity index is 562. The predicted molar refractivity (Wildman–Crippen MR) is 75.0 cm³/mol. The molecule has 0 atom stereocenters. The van der Waals surface area contributed by atoms with E-state index in [9.17, 15) is 0 Å². The lowest BCUT2D eigenvalue weighted by Crippen LogP contribution is -2.12. The summed E-state index contributed by atoms with van der Waals surface area (Å²) in [6, 6.07) is 5.82. The standard InChI is InChI=1S/C11H12N4S2/c1-6-4-3-5-8(10(12)16)9(6)14-11-13-7(2)15-17-11/h3-5H,1-2H3,(H2,12,16)(H,13,14,15). The van der Waals surface area contributed by atoms with Gasteiger partial charge in [0.1, 0.15) is 10.8 Å². The van der Waals surface area contributed by atoms with Crippen molar-refractivity contribution in [3.8, 4) is 0 Å². The fourth-order valence-corrected chi connectivity index (χ4v) is 2.24. The normalized spacial score (nSPS) is 10.2. The fourth-order valence-electron chi connectivity index (χ4n) is 1.49. The smallest absolute Gasteiger partial charge is 0.207 e. The summed E-state index contributed by atoms with van der Waals surface area (Å²) in [5, 5.41) is 3.97. The molecule has 0 saturated carbocycles. The third-order valence-corrected chi connectivity index (χ3v) is 3.24. The first-order valence-corrected chi connectivity index (χ1v) is 6.23. The van der Waals surface area contributed by atoms with Crippen molar-refractivity contribution in [1.82, 2.24) is 9.36 Å². The van der Waals surface area contributed by atoms with Gasteiger partial charge >= 0.3 is 0 Å². The van der Waals surface area contributed by atoms with Crippen LogP contribution < -0.4 is 11.1 Å². The largest absolute Gasteiger partial charge is 0.389 e. The topological polar surface area (TPSA) is 63.8 Å². The average molecular weight is 264 g/mol. The van der Waals surface area contributed by atoms with Crippen LogP contribution in [0.2, 0.25) is 0 Å². The van der Waals surface area contributed by atoms with Crippen LogP contribution in [0.1, 0.15) is 17.0 Å². The van der Waals surface area contributed by atoms with Gasteiger partial charge in [-0.25, -0.2) is 4.98 Å². The molecular weight excluding hydrogens is 252 g/mol. The highest BCUT2D eigenvalue weighted by molar-refractivity contribution is 7.80. The summed E-state index contributed by atoms with van der Waals surface area (Å²) < 4.78 is 4.12. The van der Waals surface area contributed by atoms with E-state index in [-0.39, 0.29) is 0 Å². The summed E-state index contributed by atoms with van der Waals surface area (Å²) in [4.78, 5) is 4.63. The quantitative estimate of drug-likeness (QED) is 0.834. The van der Waals surface area contributed by atoms with Gasteiger partial charge in [0, 0.05) is 17.1 Å². The third-order valence-electron chi connectivity index (χ3n) is 2.30. The molecule has 0 radical (unpaired) electrons. The third kappa shape index (κ3) is 2.59. The van der Waals surface area contributed by atoms with Crippen LogP contribution in [0.5, 0.6) is 0 Å². The second kappa shape index (κ2) is 4.77. The van der Waals surface area contributed by atoms with Crippen LogP contribution in [0.3, 0.4) is 0 Å². The number of hydrogen-bond acceptors (Lipinski definition) is 5. The number of hydrogen-bond donors (Lipinski definition) is 2. The van der Waals surface area contributed by atoms with Crippen molar-refractivity contribution in [2.24, 2.45) is 5.73 Å². The molecule has 0 aliphatic carbocycles. The van der Waals surface area contributed by atoms with Crippen LogP contribution in [0.4, 0.5) is 10.8 Å². The molecule has 6 heteroatoms. The van der Waals surface area contributed by atoms with E-state index in [1.54, 1.807) is 0 Å². The van der Waals surface area contributed by atoms with Crippen molar-refractivity contribution < 1.29 is 0 Å². The Labute approximate surface area is 109 Å². The molecule has 0 fully saturated rings. The first-order chi connectivity index (χ1) is 8.08. The predicted octanol–water partition coefficient (Wildman–Crippen LogP) is 2.53. The van der Waals surface area contributed by atoms with Gasteiger partial charge in [0.05, 0.1) is 5.69 Å². The summed E-state index contributed by atoms with van der Waals surface area (Å²) >= 11 is 6.35. The lowest BCUT2D eigenvalue weighted by Gasteiger charge is -2.11. The molecule has 2 aromatic rings. The average Bonchev–Trinajstić information content (AvgIpc) is 2.67. The van der Waals surface area contributed by atoms with E-state index in [1.165, 1.54) is 11.5 Å². The summed E-state index contributed by atoms with van der Waals surface area (Å²) in [6.07, 6.45) is 0. The number of thiocarbonyl (C=S) groups is 1. The molecule has 0 unspecified atom stereocenters. The SMILES string of the molecule is Cc1nsc(Nc2c(C)cccc2C(N)=S)n1. The molecule has 0 aliphatic heterocycles. The maximum Gasteiger partial charge on any atom is 0.207 e. The molecule has 3 N–H and O–H groups in total. The number of para-hydroxylation sites is 1. The van der Waals surface area contributed by atoms with E-state index in [0.717, 1.165) is 27.8 Å². The van der Waals surface area contributed by atoms with E-state index in [1.807, 2.05) is 32.0 Å². The van der Waals surface area contributed by atoms with Gasteiger partial charge in [-0.15, -0.1) is 0 Å². The van der Waals surface area contributed by atoms with Gasteiger partial charge in [0.15, 0.2) is 0 Å². The van der Waals surface area contributed by atoms with Crippen molar-refractivity contribution in [1.29, 1.82) is 0 Å². The number of anilines is 2. The molecule has 2 rings (SSSR count). The van der Waals surface area contributed by atoms with Crippen LogP contribution in [0.25, 0.3) is 0 Å². The summed E-state index contributed by atoms with van der Waals surface area (Å²) in [7, 11) is 0. The second-order valence-corrected chi connectivity index (χ2v) is 4.83. The minimum Gasteiger partial charge on any atom is -0.389 e. The van der Waals surface area contributed by atoms with Crippen molar-refractivity contribution >= 4 is 39.6 Å². The first-order valence-electron chi connectivity index (χ1n) is 5.04. The van der Waals surface area contributed by atoms with E-state index in [2.05, 4.69) is 14.7 Å². The van der Waals surface area contributed by atoms with Gasteiger partial charge in [0.2, 0.25) is 5.13 Å². The lowest BCUT2D eigenvalue weighted by atomic mass is 10.1. The number of rotatable bonds is 3. The fraction of sp³-hybridized carbons (Fsp3) is 0.182. The molecule has 0 bridgehead atoms. The summed E-state index contributed by atoms with van der Waals surface area (Å²) in [5.74, 6) is 0.753. The summed E-state index contributed by atoms with van der Waals surface area (Å²) in [6.45, 7) is 3.85. The van der Waals surface area contributed by atoms with E-state index in [4.69, 9.17) is 18.0 Å². The van der Waals surface area contributed by atoms with Crippen molar-refractivity contribution in [3.05, 3.63) is 35.2 Å². The number of aryl methyl sites for hydroxylation is 2. The number of nitrogens with zero attached hydrogens (tertiary/aromatic N) is 2. The van der Waals surface area contributed by atoms with Gasteiger partial charge in [-0.2, -0.15) is 4.37 Å². The maximum absolute atomic E-state index is 5.70. The van der Waals surface area contributed by atoms with Crippen LogP contribution in [0, 0.1) is 13.8 Å². The molecule has 17 heavy (non-hydrogen) atoms. The molecule has 88 valence electrons. The highest BCUT2D eigenvalue weighted by atomic mass is 32.1. The molecule has 4 nitrogen and oxygen atoms in total. The van der Waals surface area contributed by atoms with Gasteiger partial charge < -0.3 is 11.1 Å². The van der Waals surface area contributed by atoms with Crippen LogP contribution in [-0.2, 0) is 0 Å². The Balaban J connectivity index is 2.40. The second-order valence-electron chi connectivity index (χ2n) is 3.63. The maximum atomic E-state index is 5.70. The first kappa shape index (κ1) is 11.9. The molecule has 1 aromatic carbocycles. The van der Waals surface area contributed by atoms with Crippen molar-refractivity contribution in [2.75, 3.05) is 5.32 Å². The minimum absolute atomic E-state index is 0.373. The Hall–Kier alpha value is -1.53. The monoisotopic (exact) mass is 264 g/mol. The Morgan fingerprint density at radius 1 is 1.41 bits per heavy atom.